The maximum Gasteiger partial charge on any atom is 0.232 e. The number of hydrogen-bond acceptors (Lipinski definition) is 5. The first-order valence-electron chi connectivity index (χ1n) is 8.87. The second-order valence-electron chi connectivity index (χ2n) is 7.02. The predicted octanol–water partition coefficient (Wildman–Crippen LogP) is 1.38. The summed E-state index contributed by atoms with van der Waals surface area (Å²) in [6.07, 6.45) is 6.71. The molecule has 0 aromatic rings. The topological polar surface area (TPSA) is 57.7 Å². The van der Waals surface area contributed by atoms with E-state index in [0.717, 1.165) is 39.0 Å². The Morgan fingerprint density at radius 1 is 0.957 bits per heavy atom. The van der Waals surface area contributed by atoms with Crippen molar-refractivity contribution in [1.82, 2.24) is 9.80 Å². The van der Waals surface area contributed by atoms with Crippen LogP contribution in [0.4, 0.5) is 0 Å². The van der Waals surface area contributed by atoms with Gasteiger partial charge in [-0.25, -0.2) is 8.42 Å². The molecule has 1 aliphatic carbocycles. The lowest BCUT2D eigenvalue weighted by Crippen LogP contribution is -2.53. The molecule has 2 aliphatic heterocycles. The molecule has 132 valence electrons. The van der Waals surface area contributed by atoms with Gasteiger partial charge in [-0.15, -0.1) is 11.8 Å². The molecule has 7 heteroatoms. The van der Waals surface area contributed by atoms with Crippen LogP contribution in [-0.2, 0) is 14.6 Å². The Morgan fingerprint density at radius 3 is 2.17 bits per heavy atom. The molecule has 1 saturated carbocycles. The van der Waals surface area contributed by atoms with Crippen molar-refractivity contribution in [3.8, 4) is 0 Å². The number of thioether (sulfide) groups is 1. The fourth-order valence-electron chi connectivity index (χ4n) is 3.91. The number of amides is 1. The highest BCUT2D eigenvalue weighted by molar-refractivity contribution is 8.00. The van der Waals surface area contributed by atoms with Crippen LogP contribution >= 0.6 is 11.8 Å². The zero-order valence-electron chi connectivity index (χ0n) is 13.8. The first kappa shape index (κ1) is 17.5. The summed E-state index contributed by atoms with van der Waals surface area (Å²) in [4.78, 5) is 16.7. The van der Waals surface area contributed by atoms with Crippen molar-refractivity contribution >= 4 is 27.5 Å². The van der Waals surface area contributed by atoms with Crippen LogP contribution in [-0.4, -0.2) is 78.9 Å². The lowest BCUT2D eigenvalue weighted by molar-refractivity contribution is -0.130. The fraction of sp³-hybridized carbons (Fsp3) is 0.938. The standard InChI is InChI=1S/C16H28N2O3S2/c19-16(13-22-15-3-1-2-4-15)18-9-7-17(8-10-18)14-5-11-23(20,21)12-6-14/h14-15H,1-13H2. The average molecular weight is 361 g/mol. The predicted molar refractivity (Wildman–Crippen MR) is 94.5 cm³/mol. The minimum atomic E-state index is -2.79. The molecule has 23 heavy (non-hydrogen) atoms. The Bertz CT molecular complexity index is 495. The first-order chi connectivity index (χ1) is 11.0. The zero-order valence-corrected chi connectivity index (χ0v) is 15.4. The third-order valence-corrected chi connectivity index (χ3v) is 8.52. The second-order valence-corrected chi connectivity index (χ2v) is 10.6. The van der Waals surface area contributed by atoms with Crippen molar-refractivity contribution < 1.29 is 13.2 Å². The first-order valence-corrected chi connectivity index (χ1v) is 11.7. The Hall–Kier alpha value is -0.270. The highest BCUT2D eigenvalue weighted by Gasteiger charge is 2.31. The molecule has 0 bridgehead atoms. The van der Waals surface area contributed by atoms with Crippen LogP contribution in [0.3, 0.4) is 0 Å². The lowest BCUT2D eigenvalue weighted by atomic mass is 10.1. The van der Waals surface area contributed by atoms with Crippen LogP contribution < -0.4 is 0 Å². The summed E-state index contributed by atoms with van der Waals surface area (Å²) in [5.74, 6) is 1.57. The molecule has 0 spiro atoms. The summed E-state index contributed by atoms with van der Waals surface area (Å²) in [6, 6.07) is 0.392. The Labute approximate surface area is 144 Å². The highest BCUT2D eigenvalue weighted by atomic mass is 32.2. The number of sulfone groups is 1. The molecule has 0 unspecified atom stereocenters. The van der Waals surface area contributed by atoms with Crippen LogP contribution in [0, 0.1) is 0 Å². The van der Waals surface area contributed by atoms with Gasteiger partial charge < -0.3 is 4.90 Å². The van der Waals surface area contributed by atoms with Crippen LogP contribution in [0.25, 0.3) is 0 Å². The zero-order chi connectivity index (χ0) is 16.3. The van der Waals surface area contributed by atoms with Crippen molar-refractivity contribution in [2.45, 2.75) is 49.8 Å². The molecule has 0 aromatic carbocycles. The van der Waals surface area contributed by atoms with Gasteiger partial charge in [-0.3, -0.25) is 9.69 Å². The summed E-state index contributed by atoms with van der Waals surface area (Å²) in [5, 5.41) is 0.699. The molecule has 1 amide bonds. The van der Waals surface area contributed by atoms with Crippen molar-refractivity contribution in [3.63, 3.8) is 0 Å². The number of piperazine rings is 1. The fourth-order valence-corrected chi connectivity index (χ4v) is 6.61. The van der Waals surface area contributed by atoms with E-state index in [0.29, 0.717) is 28.6 Å². The minimum absolute atomic E-state index is 0.285. The van der Waals surface area contributed by atoms with Crippen molar-refractivity contribution in [2.75, 3.05) is 43.4 Å². The van der Waals surface area contributed by atoms with Crippen LogP contribution in [0.5, 0.6) is 0 Å². The molecular formula is C16H28N2O3S2. The van der Waals surface area contributed by atoms with Gasteiger partial charge in [0, 0.05) is 37.5 Å². The van der Waals surface area contributed by atoms with Crippen molar-refractivity contribution in [3.05, 3.63) is 0 Å². The highest BCUT2D eigenvalue weighted by Crippen LogP contribution is 2.29. The second kappa shape index (κ2) is 7.74. The Morgan fingerprint density at radius 2 is 1.57 bits per heavy atom. The van der Waals surface area contributed by atoms with Crippen LogP contribution in [0.2, 0.25) is 0 Å². The molecule has 0 radical (unpaired) electrons. The smallest absolute Gasteiger partial charge is 0.232 e. The molecule has 2 saturated heterocycles. The number of carbonyl (C=O) groups excluding carboxylic acids is 1. The van der Waals surface area contributed by atoms with E-state index in [1.165, 1.54) is 25.7 Å². The SMILES string of the molecule is O=C(CSC1CCCC1)N1CCN(C2CCS(=O)(=O)CC2)CC1. The maximum absolute atomic E-state index is 12.3. The number of hydrogen-bond donors (Lipinski definition) is 0. The third kappa shape index (κ3) is 4.86. The van der Waals surface area contributed by atoms with E-state index in [2.05, 4.69) is 4.90 Å². The number of rotatable bonds is 4. The quantitative estimate of drug-likeness (QED) is 0.758. The number of nitrogens with zero attached hydrogens (tertiary/aromatic N) is 2. The molecule has 0 N–H and O–H groups in total. The minimum Gasteiger partial charge on any atom is -0.339 e. The summed E-state index contributed by atoms with van der Waals surface area (Å²) >= 11 is 1.84. The molecule has 3 fully saturated rings. The van der Waals surface area contributed by atoms with Gasteiger partial charge in [0.2, 0.25) is 5.91 Å². The van der Waals surface area contributed by atoms with E-state index in [9.17, 15) is 13.2 Å². The lowest BCUT2D eigenvalue weighted by Gasteiger charge is -2.40. The Kier molecular flexibility index (Phi) is 5.91. The molecule has 2 heterocycles. The Balaban J connectivity index is 1.38. The molecule has 0 atom stereocenters. The molecular weight excluding hydrogens is 332 g/mol. The number of carbonyl (C=O) groups is 1. The van der Waals surface area contributed by atoms with E-state index < -0.39 is 9.84 Å². The van der Waals surface area contributed by atoms with Crippen LogP contribution in [0.15, 0.2) is 0 Å². The van der Waals surface area contributed by atoms with Gasteiger partial charge in [-0.1, -0.05) is 12.8 Å². The van der Waals surface area contributed by atoms with Gasteiger partial charge in [-0.05, 0) is 25.7 Å². The monoisotopic (exact) mass is 360 g/mol. The van der Waals surface area contributed by atoms with Gasteiger partial charge in [0.15, 0.2) is 0 Å². The van der Waals surface area contributed by atoms with E-state index in [1.807, 2.05) is 16.7 Å². The molecule has 0 aromatic heterocycles. The van der Waals surface area contributed by atoms with Gasteiger partial charge in [0.25, 0.3) is 0 Å². The van der Waals surface area contributed by atoms with E-state index in [1.54, 1.807) is 0 Å². The van der Waals surface area contributed by atoms with Gasteiger partial charge in [0.05, 0.1) is 17.3 Å². The third-order valence-electron chi connectivity index (χ3n) is 5.45. The van der Waals surface area contributed by atoms with Gasteiger partial charge in [-0.2, -0.15) is 0 Å². The normalized spacial score (nSPS) is 27.4. The largest absolute Gasteiger partial charge is 0.339 e. The summed E-state index contributed by atoms with van der Waals surface area (Å²) in [5.41, 5.74) is 0. The van der Waals surface area contributed by atoms with Crippen molar-refractivity contribution in [1.29, 1.82) is 0 Å². The van der Waals surface area contributed by atoms with E-state index in [-0.39, 0.29) is 5.91 Å². The molecule has 3 aliphatic rings. The van der Waals surface area contributed by atoms with Crippen LogP contribution in [0.1, 0.15) is 38.5 Å². The molecule has 5 nitrogen and oxygen atoms in total. The maximum atomic E-state index is 12.3. The average Bonchev–Trinajstić information content (AvgIpc) is 3.06. The molecule has 3 rings (SSSR count). The summed E-state index contributed by atoms with van der Waals surface area (Å²) < 4.78 is 23.1. The van der Waals surface area contributed by atoms with E-state index >= 15 is 0 Å². The van der Waals surface area contributed by atoms with Gasteiger partial charge >= 0.3 is 0 Å². The summed E-state index contributed by atoms with van der Waals surface area (Å²) in [7, 11) is -2.79. The van der Waals surface area contributed by atoms with E-state index in [4.69, 9.17) is 0 Å². The van der Waals surface area contributed by atoms with Gasteiger partial charge in [0.1, 0.15) is 9.84 Å². The van der Waals surface area contributed by atoms with Crippen molar-refractivity contribution in [2.24, 2.45) is 0 Å². The summed E-state index contributed by atoms with van der Waals surface area (Å²) in [6.45, 7) is 3.38.